The number of ether oxygens (including phenoxy) is 3. The second-order valence-electron chi connectivity index (χ2n) is 9.31. The zero-order valence-electron chi connectivity index (χ0n) is 23.1. The minimum absolute atomic E-state index is 0.0526. The number of para-hydroxylation sites is 2. The first kappa shape index (κ1) is 29.8. The van der Waals surface area contributed by atoms with Crippen LogP contribution in [0.5, 0.6) is 23.0 Å². The number of carbonyl (C=O) groups is 2. The van der Waals surface area contributed by atoms with Gasteiger partial charge in [-0.15, -0.1) is 22.9 Å². The molecule has 0 aliphatic carbocycles. The number of primary amides is 1. The van der Waals surface area contributed by atoms with E-state index in [-0.39, 0.29) is 11.4 Å². The average Bonchev–Trinajstić information content (AvgIpc) is 3.44. The maximum Gasteiger partial charge on any atom is 0.241 e. The summed E-state index contributed by atoms with van der Waals surface area (Å²) < 4.78 is 33.5. The van der Waals surface area contributed by atoms with E-state index in [1.165, 1.54) is 35.5 Å². The molecule has 2 N–H and O–H groups in total. The maximum atomic E-state index is 15.5. The van der Waals surface area contributed by atoms with Crippen molar-refractivity contribution in [3.63, 3.8) is 0 Å². The third kappa shape index (κ3) is 6.87. The molecule has 0 saturated carbocycles. The van der Waals surface area contributed by atoms with Crippen LogP contribution in [-0.4, -0.2) is 36.4 Å². The number of fused-ring (bicyclic) bond motifs is 1. The molecule has 2 amide bonds. The first-order valence-electron chi connectivity index (χ1n) is 13.3. The first-order chi connectivity index (χ1) is 20.9. The molecule has 3 aromatic carbocycles. The molecule has 0 bridgehead atoms. The molecule has 0 fully saturated rings. The number of pyridine rings is 1. The van der Waals surface area contributed by atoms with Crippen LogP contribution < -0.4 is 24.8 Å². The largest absolute Gasteiger partial charge is 0.495 e. The van der Waals surface area contributed by atoms with E-state index in [0.717, 1.165) is 33.4 Å². The zero-order chi connectivity index (χ0) is 30.3. The van der Waals surface area contributed by atoms with Gasteiger partial charge >= 0.3 is 0 Å². The van der Waals surface area contributed by atoms with Crippen LogP contribution in [0, 0.1) is 5.82 Å². The van der Waals surface area contributed by atoms with E-state index in [1.807, 2.05) is 30.3 Å². The maximum absolute atomic E-state index is 15.5. The van der Waals surface area contributed by atoms with Crippen LogP contribution in [0.2, 0.25) is 0 Å². The van der Waals surface area contributed by atoms with Gasteiger partial charge in [0, 0.05) is 29.1 Å². The number of hydrogen-bond acceptors (Lipinski definition) is 7. The normalized spacial score (nSPS) is 10.9. The zero-order valence-corrected chi connectivity index (χ0v) is 24.7. The highest BCUT2D eigenvalue weighted by molar-refractivity contribution is 7.22. The Labute approximate surface area is 256 Å². The van der Waals surface area contributed by atoms with E-state index in [1.54, 1.807) is 36.5 Å². The van der Waals surface area contributed by atoms with Crippen molar-refractivity contribution in [2.75, 3.05) is 24.5 Å². The van der Waals surface area contributed by atoms with Gasteiger partial charge in [0.05, 0.1) is 35.3 Å². The van der Waals surface area contributed by atoms with Crippen LogP contribution in [-0.2, 0) is 9.59 Å². The lowest BCUT2D eigenvalue weighted by Crippen LogP contribution is -2.30. The predicted octanol–water partition coefficient (Wildman–Crippen LogP) is 7.45. The Kier molecular flexibility index (Phi) is 9.38. The van der Waals surface area contributed by atoms with Gasteiger partial charge in [0.25, 0.3) is 0 Å². The minimum atomic E-state index is -0.812. The number of hydrogen-bond donors (Lipinski definition) is 1. The molecule has 0 radical (unpaired) electrons. The van der Waals surface area contributed by atoms with Gasteiger partial charge < -0.3 is 19.9 Å². The van der Waals surface area contributed by atoms with Crippen molar-refractivity contribution in [3.05, 3.63) is 90.9 Å². The lowest BCUT2D eigenvalue weighted by molar-refractivity contribution is -0.125. The summed E-state index contributed by atoms with van der Waals surface area (Å²) in [6, 6.07) is 22.2. The fourth-order valence-corrected chi connectivity index (χ4v) is 5.58. The summed E-state index contributed by atoms with van der Waals surface area (Å²) in [6.45, 7) is 0.527. The van der Waals surface area contributed by atoms with Crippen molar-refractivity contribution in [1.29, 1.82) is 0 Å². The molecular formula is C32H27ClFN3O5S. The predicted molar refractivity (Wildman–Crippen MR) is 166 cm³/mol. The van der Waals surface area contributed by atoms with Crippen LogP contribution in [0.4, 0.5) is 15.8 Å². The van der Waals surface area contributed by atoms with Gasteiger partial charge in [0.2, 0.25) is 11.8 Å². The number of methoxy groups -OCH3 is 1. The van der Waals surface area contributed by atoms with Crippen molar-refractivity contribution < 1.29 is 28.2 Å². The molecule has 220 valence electrons. The van der Waals surface area contributed by atoms with E-state index in [4.69, 9.17) is 31.5 Å². The number of aromatic nitrogens is 1. The summed E-state index contributed by atoms with van der Waals surface area (Å²) in [5, 5.41) is 0. The number of anilines is 2. The molecule has 5 rings (SSSR count). The number of thiophene rings is 1. The average molecular weight is 620 g/mol. The number of carbonyl (C=O) groups excluding carboxylic acids is 2. The Morgan fingerprint density at radius 2 is 1.84 bits per heavy atom. The summed E-state index contributed by atoms with van der Waals surface area (Å²) in [4.78, 5) is 31.2. The van der Waals surface area contributed by atoms with Crippen LogP contribution >= 0.6 is 22.9 Å². The molecule has 0 unspecified atom stereocenters. The Morgan fingerprint density at radius 3 is 2.60 bits per heavy atom. The van der Waals surface area contributed by atoms with Crippen molar-refractivity contribution in [1.82, 2.24) is 4.98 Å². The van der Waals surface area contributed by atoms with Crippen molar-refractivity contribution in [2.45, 2.75) is 12.8 Å². The summed E-state index contributed by atoms with van der Waals surface area (Å²) in [6.07, 6.45) is 1.77. The van der Waals surface area contributed by atoms with Gasteiger partial charge in [-0.2, -0.15) is 0 Å². The molecule has 0 saturated heterocycles. The van der Waals surface area contributed by atoms with Gasteiger partial charge in [0.15, 0.2) is 11.6 Å². The van der Waals surface area contributed by atoms with E-state index in [0.29, 0.717) is 35.2 Å². The molecule has 2 heterocycles. The van der Waals surface area contributed by atoms with Gasteiger partial charge in [-0.1, -0.05) is 24.3 Å². The first-order valence-corrected chi connectivity index (χ1v) is 14.6. The van der Waals surface area contributed by atoms with Crippen LogP contribution in [0.15, 0.2) is 85.1 Å². The van der Waals surface area contributed by atoms with E-state index < -0.39 is 24.1 Å². The molecule has 5 aromatic rings. The Morgan fingerprint density at radius 1 is 1.00 bits per heavy atom. The SMILES string of the molecule is COc1ccccc1N(C(=O)CC(N)=O)c1ccc(Oc2ccnc3cc(-c4cccc(OCCCCl)c4)sc23)c(F)c1. The summed E-state index contributed by atoms with van der Waals surface area (Å²) in [5.41, 5.74) is 7.44. The quantitative estimate of drug-likeness (QED) is 0.0883. The summed E-state index contributed by atoms with van der Waals surface area (Å²) in [7, 11) is 1.45. The number of alkyl halides is 1. The molecule has 2 aromatic heterocycles. The van der Waals surface area contributed by atoms with Gasteiger partial charge in [-0.25, -0.2) is 4.39 Å². The van der Waals surface area contributed by atoms with Gasteiger partial charge in [-0.3, -0.25) is 19.5 Å². The van der Waals surface area contributed by atoms with Crippen molar-refractivity contribution >= 4 is 56.3 Å². The third-order valence-electron chi connectivity index (χ3n) is 6.34. The Balaban J connectivity index is 1.44. The highest BCUT2D eigenvalue weighted by Crippen LogP contribution is 2.41. The van der Waals surface area contributed by atoms with Crippen molar-refractivity contribution in [2.24, 2.45) is 5.73 Å². The molecule has 43 heavy (non-hydrogen) atoms. The molecule has 0 spiro atoms. The standard InChI is InChI=1S/C32H27ClFN3O5S/c1-40-27-9-3-2-8-25(27)37(31(39)19-30(35)38)21-10-11-26(23(34)17-21)42-28-12-14-36-24-18-29(43-32(24)28)20-6-4-7-22(16-20)41-15-5-13-33/h2-4,6-12,14,16-18H,5,13,15,19H2,1H3,(H2,35,38). The number of halogens is 2. The molecule has 0 atom stereocenters. The second-order valence-corrected chi connectivity index (χ2v) is 10.7. The topological polar surface area (TPSA) is 104 Å². The number of nitrogens with two attached hydrogens (primary N) is 1. The number of benzene rings is 3. The Hall–Kier alpha value is -4.67. The highest BCUT2D eigenvalue weighted by atomic mass is 35.5. The second kappa shape index (κ2) is 13.5. The lowest BCUT2D eigenvalue weighted by Gasteiger charge is -2.24. The summed E-state index contributed by atoms with van der Waals surface area (Å²) in [5.74, 6) is -0.163. The minimum Gasteiger partial charge on any atom is -0.495 e. The number of rotatable bonds is 12. The number of amides is 2. The molecule has 0 aliphatic rings. The van der Waals surface area contributed by atoms with E-state index >= 15 is 4.39 Å². The van der Waals surface area contributed by atoms with Gasteiger partial charge in [0.1, 0.15) is 23.7 Å². The van der Waals surface area contributed by atoms with E-state index in [9.17, 15) is 9.59 Å². The third-order valence-corrected chi connectivity index (χ3v) is 7.79. The fraction of sp³-hybridized carbons (Fsp3) is 0.156. The fourth-order valence-electron chi connectivity index (χ4n) is 4.41. The van der Waals surface area contributed by atoms with Gasteiger partial charge in [-0.05, 0) is 54.4 Å². The monoisotopic (exact) mass is 619 g/mol. The molecule has 8 nitrogen and oxygen atoms in total. The smallest absolute Gasteiger partial charge is 0.241 e. The molecule has 11 heteroatoms. The van der Waals surface area contributed by atoms with Crippen molar-refractivity contribution in [3.8, 4) is 33.4 Å². The Bertz CT molecular complexity index is 1780. The summed E-state index contributed by atoms with van der Waals surface area (Å²) >= 11 is 7.21. The molecular weight excluding hydrogens is 593 g/mol. The lowest BCUT2D eigenvalue weighted by atomic mass is 10.2. The molecule has 0 aliphatic heterocycles. The van der Waals surface area contributed by atoms with Crippen LogP contribution in [0.25, 0.3) is 20.7 Å². The van der Waals surface area contributed by atoms with E-state index in [2.05, 4.69) is 4.98 Å². The number of nitrogens with zero attached hydrogens (tertiary/aromatic N) is 2. The van der Waals surface area contributed by atoms with Crippen LogP contribution in [0.3, 0.4) is 0 Å². The van der Waals surface area contributed by atoms with Crippen LogP contribution in [0.1, 0.15) is 12.8 Å². The highest BCUT2D eigenvalue weighted by Gasteiger charge is 2.24.